The van der Waals surface area contributed by atoms with E-state index in [0.717, 1.165) is 69.3 Å². The number of morpholine rings is 1. The van der Waals surface area contributed by atoms with Crippen LogP contribution in [-0.4, -0.2) is 68.6 Å². The van der Waals surface area contributed by atoms with Gasteiger partial charge in [-0.2, -0.15) is 0 Å². The Morgan fingerprint density at radius 1 is 1.16 bits per heavy atom. The van der Waals surface area contributed by atoms with Crippen molar-refractivity contribution < 1.29 is 19.0 Å². The minimum atomic E-state index is 0.0217. The first-order chi connectivity index (χ1) is 12.3. The molecule has 1 N–H and O–H groups in total. The molecule has 3 heterocycles. The lowest BCUT2D eigenvalue weighted by atomic mass is 10.0. The first-order valence-electron chi connectivity index (χ1n) is 9.05. The lowest BCUT2D eigenvalue weighted by Gasteiger charge is -2.28. The van der Waals surface area contributed by atoms with E-state index in [-0.39, 0.29) is 18.9 Å². The predicted molar refractivity (Wildman–Crippen MR) is 91.9 cm³/mol. The van der Waals surface area contributed by atoms with Gasteiger partial charge in [0, 0.05) is 32.7 Å². The van der Waals surface area contributed by atoms with Gasteiger partial charge in [0.1, 0.15) is 0 Å². The number of rotatable bonds is 4. The second-order valence-corrected chi connectivity index (χ2v) is 6.65. The molecule has 7 nitrogen and oxygen atoms in total. The van der Waals surface area contributed by atoms with Crippen molar-refractivity contribution in [1.82, 2.24) is 15.1 Å². The number of nitrogens with one attached hydrogen (secondary N) is 1. The van der Waals surface area contributed by atoms with Crippen LogP contribution in [0.15, 0.2) is 18.2 Å². The number of amides is 2. The summed E-state index contributed by atoms with van der Waals surface area (Å²) in [5.74, 6) is 1.56. The molecule has 2 saturated heterocycles. The van der Waals surface area contributed by atoms with Gasteiger partial charge in [0.25, 0.3) is 0 Å². The van der Waals surface area contributed by atoms with Crippen LogP contribution in [0.5, 0.6) is 11.5 Å². The topological polar surface area (TPSA) is 63.3 Å². The van der Waals surface area contributed by atoms with Crippen molar-refractivity contribution in [3.63, 3.8) is 0 Å². The van der Waals surface area contributed by atoms with Gasteiger partial charge in [-0.15, -0.1) is 0 Å². The highest BCUT2D eigenvalue weighted by Gasteiger charge is 2.31. The molecule has 0 saturated carbocycles. The molecule has 0 radical (unpaired) electrons. The van der Waals surface area contributed by atoms with Crippen molar-refractivity contribution >= 4 is 6.03 Å². The molecule has 1 aromatic rings. The van der Waals surface area contributed by atoms with E-state index in [0.29, 0.717) is 6.54 Å². The quantitative estimate of drug-likeness (QED) is 0.896. The molecule has 2 fully saturated rings. The first-order valence-corrected chi connectivity index (χ1v) is 9.05. The number of fused-ring (bicyclic) bond motifs is 1. The lowest BCUT2D eigenvalue weighted by molar-refractivity contribution is 0.0385. The Labute approximate surface area is 147 Å². The number of benzene rings is 1. The van der Waals surface area contributed by atoms with Gasteiger partial charge in [0.05, 0.1) is 19.3 Å². The average Bonchev–Trinajstić information content (AvgIpc) is 3.31. The van der Waals surface area contributed by atoms with E-state index in [2.05, 4.69) is 10.2 Å². The highest BCUT2D eigenvalue weighted by molar-refractivity contribution is 5.75. The maximum absolute atomic E-state index is 12.6. The number of nitrogens with zero attached hydrogens (tertiary/aromatic N) is 2. The largest absolute Gasteiger partial charge is 0.454 e. The molecule has 0 unspecified atom stereocenters. The standard InChI is InChI=1S/C18H25N3O4/c22-18(19-5-7-20-8-10-23-11-9-20)21-6-1-2-15(21)14-3-4-16-17(12-14)25-13-24-16/h3-4,12,15H,1-2,5-11,13H2,(H,19,22)/t15-/m0/s1. The summed E-state index contributed by atoms with van der Waals surface area (Å²) in [7, 11) is 0. The van der Waals surface area contributed by atoms with Crippen molar-refractivity contribution in [1.29, 1.82) is 0 Å². The third-order valence-electron chi connectivity index (χ3n) is 5.10. The van der Waals surface area contributed by atoms with Crippen molar-refractivity contribution in [2.24, 2.45) is 0 Å². The number of carbonyl (C=O) groups excluding carboxylic acids is 1. The molecule has 0 aliphatic carbocycles. The van der Waals surface area contributed by atoms with Gasteiger partial charge < -0.3 is 24.4 Å². The minimum absolute atomic E-state index is 0.0217. The molecule has 3 aliphatic rings. The van der Waals surface area contributed by atoms with Gasteiger partial charge in [-0.3, -0.25) is 4.90 Å². The van der Waals surface area contributed by atoms with E-state index >= 15 is 0 Å². The monoisotopic (exact) mass is 347 g/mol. The van der Waals surface area contributed by atoms with Crippen molar-refractivity contribution in [3.8, 4) is 11.5 Å². The van der Waals surface area contributed by atoms with Crippen molar-refractivity contribution in [3.05, 3.63) is 23.8 Å². The first kappa shape index (κ1) is 16.5. The second-order valence-electron chi connectivity index (χ2n) is 6.65. The SMILES string of the molecule is O=C(NCCN1CCOCC1)N1CCC[C@H]1c1ccc2c(c1)OCO2. The Hall–Kier alpha value is -1.99. The fourth-order valence-electron chi connectivity index (χ4n) is 3.72. The van der Waals surface area contributed by atoms with Crippen LogP contribution in [-0.2, 0) is 4.74 Å². The number of hydrogen-bond donors (Lipinski definition) is 1. The summed E-state index contributed by atoms with van der Waals surface area (Å²) in [4.78, 5) is 16.9. The number of ether oxygens (including phenoxy) is 3. The molecule has 4 rings (SSSR count). The molecular formula is C18H25N3O4. The fourth-order valence-corrected chi connectivity index (χ4v) is 3.72. The summed E-state index contributed by atoms with van der Waals surface area (Å²) in [6.07, 6.45) is 2.01. The third-order valence-corrected chi connectivity index (χ3v) is 5.10. The second kappa shape index (κ2) is 7.49. The van der Waals surface area contributed by atoms with Crippen LogP contribution >= 0.6 is 0 Å². The van der Waals surface area contributed by atoms with Gasteiger partial charge in [-0.1, -0.05) is 6.07 Å². The summed E-state index contributed by atoms with van der Waals surface area (Å²) in [6, 6.07) is 6.11. The zero-order chi connectivity index (χ0) is 17.1. The molecule has 1 aromatic carbocycles. The number of likely N-dealkylation sites (tertiary alicyclic amines) is 1. The summed E-state index contributed by atoms with van der Waals surface area (Å²) in [5, 5.41) is 3.07. The van der Waals surface area contributed by atoms with Crippen LogP contribution in [0.1, 0.15) is 24.4 Å². The molecular weight excluding hydrogens is 322 g/mol. The molecule has 1 atom stereocenters. The van der Waals surface area contributed by atoms with Crippen molar-refractivity contribution in [2.45, 2.75) is 18.9 Å². The Balaban J connectivity index is 1.33. The highest BCUT2D eigenvalue weighted by Crippen LogP contribution is 2.38. The van der Waals surface area contributed by atoms with Crippen LogP contribution < -0.4 is 14.8 Å². The average molecular weight is 347 g/mol. The summed E-state index contributed by atoms with van der Waals surface area (Å²) in [5.41, 5.74) is 1.12. The molecule has 0 aromatic heterocycles. The van der Waals surface area contributed by atoms with Gasteiger partial charge in [0.15, 0.2) is 11.5 Å². The Morgan fingerprint density at radius 2 is 2.00 bits per heavy atom. The third kappa shape index (κ3) is 3.67. The van der Waals surface area contributed by atoms with Crippen LogP contribution in [0.3, 0.4) is 0 Å². The maximum Gasteiger partial charge on any atom is 0.317 e. The molecule has 0 bridgehead atoms. The van der Waals surface area contributed by atoms with Crippen LogP contribution in [0.2, 0.25) is 0 Å². The van der Waals surface area contributed by atoms with E-state index in [4.69, 9.17) is 14.2 Å². The zero-order valence-electron chi connectivity index (χ0n) is 14.4. The molecule has 0 spiro atoms. The van der Waals surface area contributed by atoms with E-state index in [9.17, 15) is 4.79 Å². The summed E-state index contributed by atoms with van der Waals surface area (Å²) < 4.78 is 16.2. The maximum atomic E-state index is 12.6. The van der Waals surface area contributed by atoms with E-state index in [1.165, 1.54) is 0 Å². The normalized spacial score (nSPS) is 23.0. The van der Waals surface area contributed by atoms with Crippen LogP contribution in [0.4, 0.5) is 4.79 Å². The minimum Gasteiger partial charge on any atom is -0.454 e. The van der Waals surface area contributed by atoms with E-state index in [1.54, 1.807) is 0 Å². The number of urea groups is 1. The van der Waals surface area contributed by atoms with Crippen molar-refractivity contribution in [2.75, 3.05) is 52.7 Å². The Bertz CT molecular complexity index is 618. The Kier molecular flexibility index (Phi) is 4.94. The lowest BCUT2D eigenvalue weighted by Crippen LogP contribution is -2.45. The van der Waals surface area contributed by atoms with E-state index in [1.807, 2.05) is 23.1 Å². The van der Waals surface area contributed by atoms with E-state index < -0.39 is 0 Å². The molecule has 2 amide bonds. The summed E-state index contributed by atoms with van der Waals surface area (Å²) in [6.45, 7) is 6.07. The number of hydrogen-bond acceptors (Lipinski definition) is 5. The van der Waals surface area contributed by atoms with Crippen LogP contribution in [0, 0.1) is 0 Å². The van der Waals surface area contributed by atoms with Gasteiger partial charge in [0.2, 0.25) is 6.79 Å². The Morgan fingerprint density at radius 3 is 2.88 bits per heavy atom. The van der Waals surface area contributed by atoms with Gasteiger partial charge in [-0.25, -0.2) is 4.79 Å². The molecule has 136 valence electrons. The fraction of sp³-hybridized carbons (Fsp3) is 0.611. The smallest absolute Gasteiger partial charge is 0.317 e. The van der Waals surface area contributed by atoms with Gasteiger partial charge >= 0.3 is 6.03 Å². The summed E-state index contributed by atoms with van der Waals surface area (Å²) >= 11 is 0. The molecule has 25 heavy (non-hydrogen) atoms. The number of carbonyl (C=O) groups is 1. The van der Waals surface area contributed by atoms with Crippen LogP contribution in [0.25, 0.3) is 0 Å². The molecule has 7 heteroatoms. The molecule has 3 aliphatic heterocycles. The predicted octanol–water partition coefficient (Wildman–Crippen LogP) is 1.59. The highest BCUT2D eigenvalue weighted by atomic mass is 16.7. The zero-order valence-corrected chi connectivity index (χ0v) is 14.4. The van der Waals surface area contributed by atoms with Gasteiger partial charge in [-0.05, 0) is 30.5 Å².